The largest absolute Gasteiger partial charge is 0.496 e. The van der Waals surface area contributed by atoms with Gasteiger partial charge >= 0.3 is 5.97 Å². The van der Waals surface area contributed by atoms with Gasteiger partial charge in [0.1, 0.15) is 18.1 Å². The Morgan fingerprint density at radius 1 is 1.19 bits per heavy atom. The number of ether oxygens (including phenoxy) is 3. The molecule has 8 heteroatoms. The number of allylic oxidation sites excluding steroid dienone is 1. The van der Waals surface area contributed by atoms with Crippen molar-refractivity contribution in [2.75, 3.05) is 20.3 Å². The number of hydrogen-bond acceptors (Lipinski definition) is 7. The van der Waals surface area contributed by atoms with Crippen molar-refractivity contribution < 1.29 is 19.0 Å². The Labute approximate surface area is 213 Å². The van der Waals surface area contributed by atoms with Gasteiger partial charge in [-0.25, -0.2) is 9.79 Å². The van der Waals surface area contributed by atoms with Gasteiger partial charge < -0.3 is 14.2 Å². The first-order valence-corrected chi connectivity index (χ1v) is 12.4. The van der Waals surface area contributed by atoms with Crippen LogP contribution in [0.3, 0.4) is 0 Å². The number of methoxy groups -OCH3 is 1. The van der Waals surface area contributed by atoms with Crippen LogP contribution in [0, 0.1) is 6.92 Å². The van der Waals surface area contributed by atoms with E-state index in [1.807, 2.05) is 55.5 Å². The van der Waals surface area contributed by atoms with E-state index in [2.05, 4.69) is 11.6 Å². The molecule has 2 aromatic carbocycles. The molecule has 0 amide bonds. The minimum absolute atomic E-state index is 0.219. The van der Waals surface area contributed by atoms with Crippen LogP contribution in [0.5, 0.6) is 11.5 Å². The molecule has 1 unspecified atom stereocenters. The minimum atomic E-state index is -0.677. The molecule has 1 atom stereocenters. The number of fused-ring (bicyclic) bond motifs is 1. The number of thiazole rings is 1. The van der Waals surface area contributed by atoms with Crippen LogP contribution in [0.4, 0.5) is 0 Å². The smallest absolute Gasteiger partial charge is 0.338 e. The van der Waals surface area contributed by atoms with Crippen molar-refractivity contribution in [1.82, 2.24) is 4.57 Å². The molecule has 0 aliphatic carbocycles. The third kappa shape index (κ3) is 4.90. The molecule has 0 spiro atoms. The van der Waals surface area contributed by atoms with Crippen molar-refractivity contribution in [1.29, 1.82) is 0 Å². The molecule has 1 aliphatic heterocycles. The zero-order chi connectivity index (χ0) is 25.8. The first kappa shape index (κ1) is 25.2. The van der Waals surface area contributed by atoms with Crippen molar-refractivity contribution in [2.45, 2.75) is 26.8 Å². The fourth-order valence-electron chi connectivity index (χ4n) is 4.09. The Morgan fingerprint density at radius 3 is 2.61 bits per heavy atom. The van der Waals surface area contributed by atoms with E-state index in [0.717, 1.165) is 22.4 Å². The van der Waals surface area contributed by atoms with Gasteiger partial charge in [-0.1, -0.05) is 48.3 Å². The molecular formula is C28H28N2O5S. The SMILES string of the molecule is C=CCOc1ccc(C2C(C(=O)OCC)=C(C)N=c3s/c(=C/c4ccc(C)c(OC)c4)c(=O)n32)cc1. The number of aromatic nitrogens is 1. The zero-order valence-corrected chi connectivity index (χ0v) is 21.6. The number of benzene rings is 2. The molecule has 0 saturated heterocycles. The Balaban J connectivity index is 1.88. The summed E-state index contributed by atoms with van der Waals surface area (Å²) in [6, 6.07) is 12.4. The lowest BCUT2D eigenvalue weighted by Crippen LogP contribution is -2.39. The highest BCUT2D eigenvalue weighted by molar-refractivity contribution is 7.07. The third-order valence-electron chi connectivity index (χ3n) is 5.81. The Morgan fingerprint density at radius 2 is 1.94 bits per heavy atom. The summed E-state index contributed by atoms with van der Waals surface area (Å²) in [4.78, 5) is 31.9. The Hall–Kier alpha value is -3.91. The Bertz CT molecular complexity index is 1510. The molecule has 3 aromatic rings. The lowest BCUT2D eigenvalue weighted by molar-refractivity contribution is -0.139. The van der Waals surface area contributed by atoms with Crippen LogP contribution in [0.1, 0.15) is 36.6 Å². The molecule has 1 aromatic heterocycles. The van der Waals surface area contributed by atoms with E-state index in [1.54, 1.807) is 31.6 Å². The number of hydrogen-bond donors (Lipinski definition) is 0. The summed E-state index contributed by atoms with van der Waals surface area (Å²) in [7, 11) is 1.62. The van der Waals surface area contributed by atoms with Crippen molar-refractivity contribution >= 4 is 23.4 Å². The highest BCUT2D eigenvalue weighted by Crippen LogP contribution is 2.31. The number of carbonyl (C=O) groups is 1. The highest BCUT2D eigenvalue weighted by Gasteiger charge is 2.33. The fraction of sp³-hybridized carbons (Fsp3) is 0.250. The summed E-state index contributed by atoms with van der Waals surface area (Å²) in [6.45, 7) is 9.74. The van der Waals surface area contributed by atoms with E-state index >= 15 is 0 Å². The van der Waals surface area contributed by atoms with E-state index in [4.69, 9.17) is 14.2 Å². The summed E-state index contributed by atoms with van der Waals surface area (Å²) in [5, 5.41) is 0. The van der Waals surface area contributed by atoms with Crippen molar-refractivity contribution in [2.24, 2.45) is 4.99 Å². The monoisotopic (exact) mass is 504 g/mol. The van der Waals surface area contributed by atoms with E-state index in [9.17, 15) is 9.59 Å². The van der Waals surface area contributed by atoms with Gasteiger partial charge in [-0.2, -0.15) is 0 Å². The topological polar surface area (TPSA) is 79.1 Å². The van der Waals surface area contributed by atoms with Crippen LogP contribution in [0.15, 0.2) is 76.2 Å². The molecule has 7 nitrogen and oxygen atoms in total. The quantitative estimate of drug-likeness (QED) is 0.345. The molecule has 0 saturated carbocycles. The van der Waals surface area contributed by atoms with Gasteiger partial charge in [-0.15, -0.1) is 0 Å². The molecule has 0 fully saturated rings. The van der Waals surface area contributed by atoms with Crippen LogP contribution in [0.2, 0.25) is 0 Å². The molecule has 0 radical (unpaired) electrons. The molecule has 2 heterocycles. The van der Waals surface area contributed by atoms with Gasteiger partial charge in [-0.05, 0) is 61.7 Å². The lowest BCUT2D eigenvalue weighted by Gasteiger charge is -2.24. The van der Waals surface area contributed by atoms with Crippen LogP contribution < -0.4 is 24.4 Å². The van der Waals surface area contributed by atoms with Crippen LogP contribution in [-0.4, -0.2) is 30.9 Å². The van der Waals surface area contributed by atoms with Gasteiger partial charge in [0.25, 0.3) is 5.56 Å². The maximum atomic E-state index is 13.7. The average Bonchev–Trinajstić information content (AvgIpc) is 3.17. The summed E-state index contributed by atoms with van der Waals surface area (Å²) in [5.74, 6) is 0.916. The number of nitrogens with zero attached hydrogens (tertiary/aromatic N) is 2. The lowest BCUT2D eigenvalue weighted by atomic mass is 9.96. The minimum Gasteiger partial charge on any atom is -0.496 e. The van der Waals surface area contributed by atoms with Gasteiger partial charge in [0.05, 0.1) is 35.6 Å². The predicted molar refractivity (Wildman–Crippen MR) is 140 cm³/mol. The first-order chi connectivity index (χ1) is 17.4. The molecule has 186 valence electrons. The molecule has 4 rings (SSSR count). The molecule has 0 N–H and O–H groups in total. The van der Waals surface area contributed by atoms with Gasteiger partial charge in [-0.3, -0.25) is 9.36 Å². The second kappa shape index (κ2) is 10.8. The summed E-state index contributed by atoms with van der Waals surface area (Å²) >= 11 is 1.28. The average molecular weight is 505 g/mol. The van der Waals surface area contributed by atoms with Crippen molar-refractivity contribution in [3.05, 3.63) is 103 Å². The normalized spacial score (nSPS) is 15.2. The van der Waals surface area contributed by atoms with E-state index in [1.165, 1.54) is 11.3 Å². The maximum absolute atomic E-state index is 13.7. The number of aryl methyl sites for hydroxylation is 1. The van der Waals surface area contributed by atoms with Crippen LogP contribution >= 0.6 is 11.3 Å². The van der Waals surface area contributed by atoms with Crippen LogP contribution in [-0.2, 0) is 9.53 Å². The van der Waals surface area contributed by atoms with Gasteiger partial charge in [0.2, 0.25) is 0 Å². The second-order valence-corrected chi connectivity index (χ2v) is 9.21. The Kier molecular flexibility index (Phi) is 7.55. The number of carbonyl (C=O) groups excluding carboxylic acids is 1. The standard InChI is InChI=1S/C28H28N2O5S/c1-6-14-35-21-12-10-20(11-13-21)25-24(27(32)34-7-2)18(4)29-28-30(25)26(31)23(36-28)16-19-9-8-17(3)22(15-19)33-5/h6,8-13,15-16,25H,1,7,14H2,2-5H3/b23-16+. The molecule has 1 aliphatic rings. The van der Waals surface area contributed by atoms with Crippen LogP contribution in [0.25, 0.3) is 6.08 Å². The first-order valence-electron chi connectivity index (χ1n) is 11.6. The molecule has 0 bridgehead atoms. The third-order valence-corrected chi connectivity index (χ3v) is 6.79. The predicted octanol–water partition coefficient (Wildman–Crippen LogP) is 3.68. The van der Waals surface area contributed by atoms with Crippen molar-refractivity contribution in [3.8, 4) is 11.5 Å². The fourth-order valence-corrected chi connectivity index (χ4v) is 5.13. The van der Waals surface area contributed by atoms with E-state index in [-0.39, 0.29) is 12.2 Å². The summed E-state index contributed by atoms with van der Waals surface area (Å²) in [5.41, 5.74) is 3.23. The highest BCUT2D eigenvalue weighted by atomic mass is 32.1. The number of rotatable bonds is 8. The summed E-state index contributed by atoms with van der Waals surface area (Å²) < 4.78 is 18.5. The summed E-state index contributed by atoms with van der Waals surface area (Å²) in [6.07, 6.45) is 3.48. The maximum Gasteiger partial charge on any atom is 0.338 e. The van der Waals surface area contributed by atoms with E-state index < -0.39 is 12.0 Å². The van der Waals surface area contributed by atoms with Gasteiger partial charge in [0, 0.05) is 0 Å². The molecular weight excluding hydrogens is 476 g/mol. The van der Waals surface area contributed by atoms with E-state index in [0.29, 0.717) is 33.0 Å². The second-order valence-electron chi connectivity index (χ2n) is 8.20. The molecule has 36 heavy (non-hydrogen) atoms. The van der Waals surface area contributed by atoms with Gasteiger partial charge in [0.15, 0.2) is 4.80 Å². The zero-order valence-electron chi connectivity index (χ0n) is 20.7. The van der Waals surface area contributed by atoms with Crippen molar-refractivity contribution in [3.63, 3.8) is 0 Å². The number of esters is 1.